The molecule has 2 heterocycles. The van der Waals surface area contributed by atoms with Crippen LogP contribution in [0.15, 0.2) is 60.9 Å². The van der Waals surface area contributed by atoms with Crippen molar-refractivity contribution in [1.29, 1.82) is 0 Å². The van der Waals surface area contributed by atoms with Crippen LogP contribution in [0.1, 0.15) is 27.0 Å². The number of aromatic nitrogens is 3. The molecular weight excluding hydrogens is 461 g/mol. The smallest absolute Gasteiger partial charge is 0.416 e. The topological polar surface area (TPSA) is 78.3 Å². The molecule has 0 aliphatic carbocycles. The summed E-state index contributed by atoms with van der Waals surface area (Å²) in [6.45, 7) is 0.453. The van der Waals surface area contributed by atoms with Gasteiger partial charge in [-0.15, -0.1) is 0 Å². The Morgan fingerprint density at radius 2 is 1.83 bits per heavy atom. The highest BCUT2D eigenvalue weighted by Crippen LogP contribution is 2.32. The Morgan fingerprint density at radius 3 is 2.57 bits per heavy atom. The number of ether oxygens (including phenoxy) is 2. The predicted molar refractivity (Wildman–Crippen MR) is 124 cm³/mol. The number of fused-ring (bicyclic) bond motifs is 1. The molecule has 0 radical (unpaired) electrons. The number of amides is 1. The number of hydrogen-bond donors (Lipinski definition) is 1. The van der Waals surface area contributed by atoms with E-state index in [9.17, 15) is 18.0 Å². The zero-order valence-corrected chi connectivity index (χ0v) is 19.1. The number of nitrogens with one attached hydrogen (secondary N) is 1. The first-order valence-corrected chi connectivity index (χ1v) is 10.8. The molecule has 4 aromatic rings. The third-order valence-corrected chi connectivity index (χ3v) is 5.56. The molecule has 0 saturated carbocycles. The molecule has 0 saturated heterocycles. The van der Waals surface area contributed by atoms with Crippen molar-refractivity contribution in [2.75, 3.05) is 20.8 Å². The minimum absolute atomic E-state index is 0.0543. The number of pyridine rings is 1. The van der Waals surface area contributed by atoms with Crippen molar-refractivity contribution in [2.45, 2.75) is 19.1 Å². The van der Waals surface area contributed by atoms with Crippen molar-refractivity contribution in [3.05, 3.63) is 83.2 Å². The lowest BCUT2D eigenvalue weighted by Crippen LogP contribution is -2.26. The van der Waals surface area contributed by atoms with Crippen molar-refractivity contribution < 1.29 is 27.4 Å². The quantitative estimate of drug-likeness (QED) is 0.399. The highest BCUT2D eigenvalue weighted by Gasteiger charge is 2.32. The van der Waals surface area contributed by atoms with Gasteiger partial charge in [0.15, 0.2) is 5.65 Å². The van der Waals surface area contributed by atoms with Crippen LogP contribution in [0.3, 0.4) is 0 Å². The molecule has 0 aliphatic rings. The standard InChI is InChI=1S/C25H23F3N4O3/c1-34-20-8-7-17(22(12-20)35-2)15-32-23-18(14-31-32)11-19(13-30-23)24(33)29-10-9-16-5-3-4-6-21(16)25(26,27)28/h3-8,11-14H,9-10,15H2,1-2H3,(H,29,33). The van der Waals surface area contributed by atoms with Gasteiger partial charge in [-0.05, 0) is 36.2 Å². The van der Waals surface area contributed by atoms with Gasteiger partial charge in [-0.25, -0.2) is 9.67 Å². The monoisotopic (exact) mass is 484 g/mol. The summed E-state index contributed by atoms with van der Waals surface area (Å²) in [6.07, 6.45) is -1.36. The summed E-state index contributed by atoms with van der Waals surface area (Å²) < 4.78 is 51.8. The second-order valence-electron chi connectivity index (χ2n) is 7.78. The molecule has 1 N–H and O–H groups in total. The average Bonchev–Trinajstić information content (AvgIpc) is 3.25. The van der Waals surface area contributed by atoms with Crippen LogP contribution in [0, 0.1) is 0 Å². The lowest BCUT2D eigenvalue weighted by atomic mass is 10.0. The summed E-state index contributed by atoms with van der Waals surface area (Å²) in [6, 6.07) is 12.5. The Hall–Kier alpha value is -4.08. The Kier molecular flexibility index (Phi) is 6.90. The van der Waals surface area contributed by atoms with Gasteiger partial charge in [0, 0.05) is 29.8 Å². The molecule has 0 fully saturated rings. The van der Waals surface area contributed by atoms with Crippen LogP contribution >= 0.6 is 0 Å². The largest absolute Gasteiger partial charge is 0.497 e. The summed E-state index contributed by atoms with van der Waals surface area (Å²) in [4.78, 5) is 17.0. The summed E-state index contributed by atoms with van der Waals surface area (Å²) in [7, 11) is 3.15. The van der Waals surface area contributed by atoms with Gasteiger partial charge in [-0.1, -0.05) is 18.2 Å². The van der Waals surface area contributed by atoms with E-state index in [0.717, 1.165) is 11.6 Å². The molecule has 0 atom stereocenters. The lowest BCUT2D eigenvalue weighted by molar-refractivity contribution is -0.138. The number of methoxy groups -OCH3 is 2. The number of carbonyl (C=O) groups is 1. The third kappa shape index (κ3) is 5.37. The van der Waals surface area contributed by atoms with Crippen molar-refractivity contribution in [3.63, 3.8) is 0 Å². The van der Waals surface area contributed by atoms with E-state index >= 15 is 0 Å². The summed E-state index contributed by atoms with van der Waals surface area (Å²) >= 11 is 0. The Bertz CT molecular complexity index is 1350. The van der Waals surface area contributed by atoms with Crippen LogP contribution in [-0.2, 0) is 19.1 Å². The molecule has 182 valence electrons. The fraction of sp³-hybridized carbons (Fsp3) is 0.240. The van der Waals surface area contributed by atoms with Crippen LogP contribution < -0.4 is 14.8 Å². The van der Waals surface area contributed by atoms with Crippen LogP contribution in [0.25, 0.3) is 11.0 Å². The molecule has 35 heavy (non-hydrogen) atoms. The molecule has 0 spiro atoms. The first-order chi connectivity index (χ1) is 16.8. The van der Waals surface area contributed by atoms with Crippen LogP contribution in [0.5, 0.6) is 11.5 Å². The van der Waals surface area contributed by atoms with Crippen LogP contribution in [-0.4, -0.2) is 41.4 Å². The minimum atomic E-state index is -4.44. The van der Waals surface area contributed by atoms with Gasteiger partial charge in [0.2, 0.25) is 0 Å². The second-order valence-corrected chi connectivity index (χ2v) is 7.78. The molecule has 4 rings (SSSR count). The first kappa shape index (κ1) is 24.1. The molecular formula is C25H23F3N4O3. The number of rotatable bonds is 8. The first-order valence-electron chi connectivity index (χ1n) is 10.8. The van der Waals surface area contributed by atoms with Gasteiger partial charge in [0.05, 0.1) is 38.1 Å². The molecule has 10 heteroatoms. The number of nitrogens with zero attached hydrogens (tertiary/aromatic N) is 3. The molecule has 2 aromatic heterocycles. The van der Waals surface area contributed by atoms with E-state index in [0.29, 0.717) is 34.6 Å². The fourth-order valence-electron chi connectivity index (χ4n) is 3.78. The zero-order chi connectivity index (χ0) is 25.0. The van der Waals surface area contributed by atoms with Gasteiger partial charge >= 0.3 is 6.18 Å². The number of hydrogen-bond acceptors (Lipinski definition) is 5. The van der Waals surface area contributed by atoms with E-state index in [1.807, 2.05) is 12.1 Å². The summed E-state index contributed by atoms with van der Waals surface area (Å²) in [5, 5.41) is 7.69. The van der Waals surface area contributed by atoms with E-state index in [1.54, 1.807) is 43.3 Å². The second kappa shape index (κ2) is 10.0. The zero-order valence-electron chi connectivity index (χ0n) is 19.1. The van der Waals surface area contributed by atoms with Crippen molar-refractivity contribution in [2.24, 2.45) is 0 Å². The molecule has 0 bridgehead atoms. The van der Waals surface area contributed by atoms with Gasteiger partial charge in [0.1, 0.15) is 11.5 Å². The normalized spacial score (nSPS) is 11.5. The van der Waals surface area contributed by atoms with Crippen molar-refractivity contribution >= 4 is 16.9 Å². The van der Waals surface area contributed by atoms with E-state index in [2.05, 4.69) is 15.4 Å². The highest BCUT2D eigenvalue weighted by atomic mass is 19.4. The predicted octanol–water partition coefficient (Wildman–Crippen LogP) is 4.49. The Morgan fingerprint density at radius 1 is 1.03 bits per heavy atom. The maximum atomic E-state index is 13.1. The molecule has 0 unspecified atom stereocenters. The maximum absolute atomic E-state index is 13.1. The van der Waals surface area contributed by atoms with E-state index in [-0.39, 0.29) is 18.5 Å². The highest BCUT2D eigenvalue weighted by molar-refractivity contribution is 5.96. The number of alkyl halides is 3. The van der Waals surface area contributed by atoms with Gasteiger partial charge in [-0.2, -0.15) is 18.3 Å². The lowest BCUT2D eigenvalue weighted by Gasteiger charge is -2.13. The summed E-state index contributed by atoms with van der Waals surface area (Å²) in [5.74, 6) is 0.899. The van der Waals surface area contributed by atoms with Gasteiger partial charge in [-0.3, -0.25) is 4.79 Å². The molecule has 0 aliphatic heterocycles. The molecule has 2 aromatic carbocycles. The molecule has 7 nitrogen and oxygen atoms in total. The van der Waals surface area contributed by atoms with Crippen molar-refractivity contribution in [1.82, 2.24) is 20.1 Å². The number of halogens is 3. The van der Waals surface area contributed by atoms with Gasteiger partial charge in [0.25, 0.3) is 5.91 Å². The van der Waals surface area contributed by atoms with Gasteiger partial charge < -0.3 is 14.8 Å². The summed E-state index contributed by atoms with van der Waals surface area (Å²) in [5.41, 5.74) is 1.19. The number of benzene rings is 2. The van der Waals surface area contributed by atoms with Crippen LogP contribution in [0.4, 0.5) is 13.2 Å². The average molecular weight is 484 g/mol. The Labute approximate surface area is 199 Å². The Balaban J connectivity index is 1.44. The van der Waals surface area contributed by atoms with E-state index in [4.69, 9.17) is 9.47 Å². The number of carbonyl (C=O) groups excluding carboxylic acids is 1. The fourth-order valence-corrected chi connectivity index (χ4v) is 3.78. The SMILES string of the molecule is COc1ccc(Cn2ncc3cc(C(=O)NCCc4ccccc4C(F)(F)F)cnc32)c(OC)c1. The van der Waals surface area contributed by atoms with E-state index in [1.165, 1.54) is 18.3 Å². The van der Waals surface area contributed by atoms with E-state index < -0.39 is 17.6 Å². The van der Waals surface area contributed by atoms with Crippen molar-refractivity contribution in [3.8, 4) is 11.5 Å². The third-order valence-electron chi connectivity index (χ3n) is 5.56. The molecule has 1 amide bonds. The minimum Gasteiger partial charge on any atom is -0.497 e. The van der Waals surface area contributed by atoms with Crippen LogP contribution in [0.2, 0.25) is 0 Å². The maximum Gasteiger partial charge on any atom is 0.416 e.